The number of oxazole rings is 1. The van der Waals surface area contributed by atoms with Gasteiger partial charge in [0.1, 0.15) is 5.52 Å². The largest absolute Gasteiger partial charge is 0.490 e. The third-order valence-electron chi connectivity index (χ3n) is 5.85. The topological polar surface area (TPSA) is 130 Å². The van der Waals surface area contributed by atoms with Gasteiger partial charge in [-0.15, -0.1) is 0 Å². The maximum Gasteiger partial charge on any atom is 0.310 e. The number of hydrogen-bond donors (Lipinski definition) is 1. The number of nitro groups is 1. The van der Waals surface area contributed by atoms with Crippen molar-refractivity contribution in [1.82, 2.24) is 15.0 Å². The number of hydrogen-bond acceptors (Lipinski definition) is 8. The third-order valence-corrected chi connectivity index (χ3v) is 5.85. The molecule has 2 aromatic carbocycles. The lowest BCUT2D eigenvalue weighted by Gasteiger charge is -2.09. The second-order valence-corrected chi connectivity index (χ2v) is 9.09. The van der Waals surface area contributed by atoms with Crippen LogP contribution < -0.4 is 10.5 Å². The van der Waals surface area contributed by atoms with Crippen molar-refractivity contribution in [3.8, 4) is 28.0 Å². The van der Waals surface area contributed by atoms with Crippen molar-refractivity contribution >= 4 is 16.8 Å². The predicted octanol–water partition coefficient (Wildman–Crippen LogP) is 6.60. The van der Waals surface area contributed by atoms with Crippen molar-refractivity contribution in [3.63, 3.8) is 0 Å². The first kappa shape index (κ1) is 26.4. The van der Waals surface area contributed by atoms with Crippen molar-refractivity contribution in [2.75, 3.05) is 7.11 Å². The normalized spacial score (nSPS) is 11.6. The summed E-state index contributed by atoms with van der Waals surface area (Å²) in [5.41, 5.74) is 11.7. The fourth-order valence-electron chi connectivity index (χ4n) is 3.99. The lowest BCUT2D eigenvalue weighted by atomic mass is 10.0. The van der Waals surface area contributed by atoms with Crippen molar-refractivity contribution in [2.45, 2.75) is 26.3 Å². The van der Waals surface area contributed by atoms with Crippen molar-refractivity contribution in [2.24, 2.45) is 11.7 Å². The number of methoxy groups -OCH3 is 1. The van der Waals surface area contributed by atoms with Crippen LogP contribution >= 0.6 is 0 Å². The van der Waals surface area contributed by atoms with Gasteiger partial charge in [0.15, 0.2) is 11.3 Å². The van der Waals surface area contributed by atoms with Crippen LogP contribution in [0.5, 0.6) is 5.75 Å². The Morgan fingerprint density at radius 2 is 1.47 bits per heavy atom. The summed E-state index contributed by atoms with van der Waals surface area (Å²) in [7, 11) is 1.42. The number of nitro benzene ring substituents is 1. The lowest BCUT2D eigenvalue weighted by Crippen LogP contribution is -2.13. The zero-order valence-corrected chi connectivity index (χ0v) is 21.4. The summed E-state index contributed by atoms with van der Waals surface area (Å²) in [6.07, 6.45) is 7.77. The first-order chi connectivity index (χ1) is 18.4. The van der Waals surface area contributed by atoms with Crippen LogP contribution in [0.25, 0.3) is 33.4 Å². The van der Waals surface area contributed by atoms with E-state index in [0.717, 1.165) is 39.8 Å². The molecular weight excluding hydrogens is 482 g/mol. The van der Waals surface area contributed by atoms with E-state index in [-0.39, 0.29) is 17.5 Å². The van der Waals surface area contributed by atoms with Crippen LogP contribution in [0.1, 0.15) is 32.2 Å². The molecule has 194 valence electrons. The molecule has 1 unspecified atom stereocenters. The molecule has 2 N–H and O–H groups in total. The Bertz CT molecular complexity index is 1500. The minimum Gasteiger partial charge on any atom is -0.490 e. The molecular formula is C29H29N5O4. The molecule has 1 atom stereocenters. The molecule has 5 rings (SSSR count). The van der Waals surface area contributed by atoms with Crippen molar-refractivity contribution in [1.29, 1.82) is 0 Å². The number of fused-ring (bicyclic) bond motifs is 1. The first-order valence-corrected chi connectivity index (χ1v) is 12.1. The van der Waals surface area contributed by atoms with Gasteiger partial charge in [0.05, 0.1) is 18.1 Å². The smallest absolute Gasteiger partial charge is 0.310 e. The maximum absolute atomic E-state index is 10.7. The van der Waals surface area contributed by atoms with E-state index in [1.807, 2.05) is 42.5 Å². The summed E-state index contributed by atoms with van der Waals surface area (Å²) < 4.78 is 10.9. The van der Waals surface area contributed by atoms with Crippen LogP contribution in [0.2, 0.25) is 0 Å². The van der Waals surface area contributed by atoms with E-state index in [4.69, 9.17) is 14.9 Å². The van der Waals surface area contributed by atoms with Crippen LogP contribution in [-0.4, -0.2) is 27.0 Å². The molecule has 0 bridgehead atoms. The number of rotatable bonds is 7. The van der Waals surface area contributed by atoms with Gasteiger partial charge in [-0.3, -0.25) is 20.1 Å². The zero-order valence-electron chi connectivity index (χ0n) is 21.4. The minimum atomic E-state index is -0.463. The van der Waals surface area contributed by atoms with E-state index in [9.17, 15) is 10.1 Å². The second-order valence-electron chi connectivity index (χ2n) is 9.09. The van der Waals surface area contributed by atoms with E-state index in [1.54, 1.807) is 36.9 Å². The third kappa shape index (κ3) is 6.37. The van der Waals surface area contributed by atoms with Gasteiger partial charge in [0, 0.05) is 30.9 Å². The molecule has 3 aromatic heterocycles. The van der Waals surface area contributed by atoms with Gasteiger partial charge in [-0.25, -0.2) is 4.98 Å². The van der Waals surface area contributed by atoms with Crippen LogP contribution in [0.4, 0.5) is 5.69 Å². The van der Waals surface area contributed by atoms with Gasteiger partial charge >= 0.3 is 5.69 Å². The van der Waals surface area contributed by atoms with Gasteiger partial charge in [-0.1, -0.05) is 19.9 Å². The molecule has 38 heavy (non-hydrogen) atoms. The molecule has 9 nitrogen and oxygen atoms in total. The highest BCUT2D eigenvalue weighted by molar-refractivity contribution is 5.80. The monoisotopic (exact) mass is 511 g/mol. The summed E-state index contributed by atoms with van der Waals surface area (Å²) in [6.45, 7) is 4.29. The van der Waals surface area contributed by atoms with Gasteiger partial charge < -0.3 is 14.9 Å². The fraction of sp³-hybridized carbons (Fsp3) is 0.207. The number of nitrogens with two attached hydrogens (primary N) is 1. The average Bonchev–Trinajstić information content (AvgIpc) is 3.37. The molecule has 0 amide bonds. The molecule has 9 heteroatoms. The Morgan fingerprint density at radius 1 is 0.895 bits per heavy atom. The van der Waals surface area contributed by atoms with Crippen LogP contribution in [0, 0.1) is 16.0 Å². The molecule has 0 saturated carbocycles. The van der Waals surface area contributed by atoms with Gasteiger partial charge in [-0.2, -0.15) is 0 Å². The molecule has 0 aliphatic heterocycles. The Hall–Kier alpha value is -4.63. The molecule has 0 spiro atoms. The molecule has 0 fully saturated rings. The zero-order chi connectivity index (χ0) is 27.1. The Morgan fingerprint density at radius 3 is 2.03 bits per heavy atom. The quantitative estimate of drug-likeness (QED) is 0.191. The summed E-state index contributed by atoms with van der Waals surface area (Å²) >= 11 is 0. The fourth-order valence-corrected chi connectivity index (χ4v) is 3.99. The lowest BCUT2D eigenvalue weighted by molar-refractivity contribution is -0.385. The van der Waals surface area contributed by atoms with E-state index >= 15 is 0 Å². The van der Waals surface area contributed by atoms with Gasteiger partial charge in [0.25, 0.3) is 0 Å². The summed E-state index contributed by atoms with van der Waals surface area (Å²) in [5.74, 6) is 1.39. The van der Waals surface area contributed by atoms with E-state index in [0.29, 0.717) is 11.8 Å². The highest BCUT2D eigenvalue weighted by Gasteiger charge is 2.16. The van der Waals surface area contributed by atoms with E-state index in [1.165, 1.54) is 13.2 Å². The molecule has 0 aliphatic carbocycles. The van der Waals surface area contributed by atoms with Crippen LogP contribution in [0.3, 0.4) is 0 Å². The van der Waals surface area contributed by atoms with E-state index < -0.39 is 4.92 Å². The highest BCUT2D eigenvalue weighted by Crippen LogP contribution is 2.32. The van der Waals surface area contributed by atoms with Crippen molar-refractivity contribution < 1.29 is 14.1 Å². The highest BCUT2D eigenvalue weighted by atomic mass is 16.6. The van der Waals surface area contributed by atoms with Crippen molar-refractivity contribution in [3.05, 3.63) is 101 Å². The summed E-state index contributed by atoms with van der Waals surface area (Å²) in [5, 5.41) is 10.7. The SMILES string of the molecule is CC(C)CC(N)c1nc2ccc(-c3ccncc3)cc2o1.COc1cc(-c2ccncc2)ccc1[N+](=O)[O-]. The predicted molar refractivity (Wildman–Crippen MR) is 147 cm³/mol. The molecule has 0 aliphatic rings. The van der Waals surface area contributed by atoms with E-state index in [2.05, 4.69) is 28.8 Å². The minimum absolute atomic E-state index is 0.0368. The first-order valence-electron chi connectivity index (χ1n) is 12.1. The van der Waals surface area contributed by atoms with Crippen LogP contribution in [0.15, 0.2) is 89.9 Å². The average molecular weight is 512 g/mol. The Balaban J connectivity index is 0.000000181. The number of pyridine rings is 2. The maximum atomic E-state index is 10.7. The number of benzene rings is 2. The summed E-state index contributed by atoms with van der Waals surface area (Å²) in [6, 6.07) is 18.3. The molecule has 0 radical (unpaired) electrons. The standard InChI is InChI=1S/C17H19N3O.C12H10N2O3/c1-11(2)9-14(18)17-20-15-4-3-13(10-16(15)21-17)12-5-7-19-8-6-12;1-17-12-8-10(2-3-11(12)14(15)16)9-4-6-13-7-5-9/h3-8,10-11,14H,9,18H2,1-2H3;2-8H,1H3. The number of nitrogens with zero attached hydrogens (tertiary/aromatic N) is 4. The summed E-state index contributed by atoms with van der Waals surface area (Å²) in [4.78, 5) is 22.7. The Kier molecular flexibility index (Phi) is 8.40. The van der Waals surface area contributed by atoms with Gasteiger partial charge in [0.2, 0.25) is 5.89 Å². The van der Waals surface area contributed by atoms with Gasteiger partial charge in [-0.05, 0) is 83.1 Å². The molecule has 0 saturated heterocycles. The van der Waals surface area contributed by atoms with Crippen LogP contribution in [-0.2, 0) is 0 Å². The molecule has 5 aromatic rings. The number of ether oxygens (including phenoxy) is 1. The second kappa shape index (κ2) is 12.1. The molecule has 3 heterocycles. The number of aromatic nitrogens is 3. The Labute approximate surface area is 220 Å².